The van der Waals surface area contributed by atoms with Crippen LogP contribution in [0.2, 0.25) is 0 Å². The molecule has 0 saturated heterocycles. The maximum absolute atomic E-state index is 11.8. The Bertz CT molecular complexity index is 313. The number of carbonyl (C=O) groups excluding carboxylic acids is 1. The third kappa shape index (κ3) is 3.24. The summed E-state index contributed by atoms with van der Waals surface area (Å²) in [6.45, 7) is 2.78. The summed E-state index contributed by atoms with van der Waals surface area (Å²) in [5.74, 6) is -0.0373. The minimum absolute atomic E-state index is 0.0373. The third-order valence-corrected chi connectivity index (χ3v) is 2.68. The first-order valence-electron chi connectivity index (χ1n) is 5.10. The number of hydrogen-bond donors (Lipinski definition) is 0. The van der Waals surface area contributed by atoms with Crippen LogP contribution in [0.25, 0.3) is 0 Å². The fraction of sp³-hybridized carbons (Fsp3) is 0.417. The van der Waals surface area contributed by atoms with E-state index in [1.54, 1.807) is 11.9 Å². The topological polar surface area (TPSA) is 20.3 Å². The van der Waals surface area contributed by atoms with Crippen molar-refractivity contribution >= 4 is 17.5 Å². The lowest BCUT2D eigenvalue weighted by molar-refractivity contribution is -0.129. The maximum atomic E-state index is 11.8. The number of halogens is 1. The quantitative estimate of drug-likeness (QED) is 0.722. The Hall–Kier alpha value is -1.02. The molecule has 82 valence electrons. The van der Waals surface area contributed by atoms with Crippen LogP contribution < -0.4 is 0 Å². The summed E-state index contributed by atoms with van der Waals surface area (Å²) in [5, 5.41) is -0.567. The molecule has 0 aromatic heterocycles. The van der Waals surface area contributed by atoms with Crippen LogP contribution in [0.1, 0.15) is 24.3 Å². The van der Waals surface area contributed by atoms with E-state index < -0.39 is 5.38 Å². The van der Waals surface area contributed by atoms with E-state index in [4.69, 9.17) is 11.6 Å². The van der Waals surface area contributed by atoms with Crippen LogP contribution >= 0.6 is 11.6 Å². The molecular weight excluding hydrogens is 210 g/mol. The van der Waals surface area contributed by atoms with Crippen LogP contribution in [0.4, 0.5) is 0 Å². The molecule has 0 spiro atoms. The zero-order valence-corrected chi connectivity index (χ0v) is 9.87. The molecule has 1 rings (SSSR count). The zero-order chi connectivity index (χ0) is 11.3. The summed E-state index contributed by atoms with van der Waals surface area (Å²) in [6, 6.07) is 9.42. The van der Waals surface area contributed by atoms with E-state index in [2.05, 4.69) is 0 Å². The molecule has 0 radical (unpaired) electrons. The molecule has 0 N–H and O–H groups in total. The average molecular weight is 226 g/mol. The molecule has 1 amide bonds. The summed E-state index contributed by atoms with van der Waals surface area (Å²) in [4.78, 5) is 13.5. The van der Waals surface area contributed by atoms with Gasteiger partial charge in [0.2, 0.25) is 5.91 Å². The van der Waals surface area contributed by atoms with Gasteiger partial charge in [0.25, 0.3) is 0 Å². The Balaban J connectivity index is 2.69. The smallest absolute Gasteiger partial charge is 0.244 e. The van der Waals surface area contributed by atoms with Crippen molar-refractivity contribution in [2.24, 2.45) is 0 Å². The molecule has 0 aliphatic rings. The minimum atomic E-state index is -0.567. The van der Waals surface area contributed by atoms with E-state index in [0.717, 1.165) is 18.5 Å². The van der Waals surface area contributed by atoms with Crippen molar-refractivity contribution in [1.82, 2.24) is 4.90 Å². The van der Waals surface area contributed by atoms with Crippen molar-refractivity contribution in [3.8, 4) is 0 Å². The van der Waals surface area contributed by atoms with Crippen LogP contribution in [0.5, 0.6) is 0 Å². The van der Waals surface area contributed by atoms with Crippen LogP contribution in [-0.2, 0) is 4.79 Å². The minimum Gasteiger partial charge on any atom is -0.344 e. The second-order valence-corrected chi connectivity index (χ2v) is 3.97. The predicted molar refractivity (Wildman–Crippen MR) is 63.0 cm³/mol. The van der Waals surface area contributed by atoms with Gasteiger partial charge in [-0.3, -0.25) is 4.79 Å². The lowest BCUT2D eigenvalue weighted by atomic mass is 10.1. The molecule has 15 heavy (non-hydrogen) atoms. The molecule has 1 aromatic rings. The highest BCUT2D eigenvalue weighted by atomic mass is 35.5. The molecule has 1 atom stereocenters. The maximum Gasteiger partial charge on any atom is 0.244 e. The highest BCUT2D eigenvalue weighted by Crippen LogP contribution is 2.22. The van der Waals surface area contributed by atoms with Gasteiger partial charge in [0, 0.05) is 13.6 Å². The summed E-state index contributed by atoms with van der Waals surface area (Å²) >= 11 is 6.10. The molecule has 0 aliphatic heterocycles. The Morgan fingerprint density at radius 1 is 1.40 bits per heavy atom. The molecule has 1 aromatic carbocycles. The number of rotatable bonds is 4. The van der Waals surface area contributed by atoms with Crippen molar-refractivity contribution in [1.29, 1.82) is 0 Å². The fourth-order valence-electron chi connectivity index (χ4n) is 1.40. The Labute approximate surface area is 95.8 Å². The van der Waals surface area contributed by atoms with Crippen LogP contribution in [0.15, 0.2) is 30.3 Å². The van der Waals surface area contributed by atoms with Crippen molar-refractivity contribution in [3.05, 3.63) is 35.9 Å². The normalized spacial score (nSPS) is 12.2. The molecule has 0 bridgehead atoms. The van der Waals surface area contributed by atoms with Gasteiger partial charge in [-0.1, -0.05) is 37.3 Å². The van der Waals surface area contributed by atoms with Gasteiger partial charge >= 0.3 is 0 Å². The number of likely N-dealkylation sites (N-methyl/N-ethyl adjacent to an activating group) is 1. The predicted octanol–water partition coefficient (Wildman–Crippen LogP) is 2.83. The fourth-order valence-corrected chi connectivity index (χ4v) is 1.72. The van der Waals surface area contributed by atoms with Gasteiger partial charge < -0.3 is 4.90 Å². The molecule has 0 heterocycles. The highest BCUT2D eigenvalue weighted by Gasteiger charge is 2.20. The lowest BCUT2D eigenvalue weighted by Gasteiger charge is -2.19. The van der Waals surface area contributed by atoms with E-state index in [-0.39, 0.29) is 5.91 Å². The largest absolute Gasteiger partial charge is 0.344 e. The first-order valence-corrected chi connectivity index (χ1v) is 5.54. The van der Waals surface area contributed by atoms with Crippen molar-refractivity contribution in [2.45, 2.75) is 18.7 Å². The van der Waals surface area contributed by atoms with E-state index in [0.29, 0.717) is 0 Å². The van der Waals surface area contributed by atoms with E-state index >= 15 is 0 Å². The van der Waals surface area contributed by atoms with Gasteiger partial charge in [-0.2, -0.15) is 0 Å². The van der Waals surface area contributed by atoms with E-state index in [1.807, 2.05) is 37.3 Å². The van der Waals surface area contributed by atoms with E-state index in [9.17, 15) is 4.79 Å². The van der Waals surface area contributed by atoms with Gasteiger partial charge in [-0.15, -0.1) is 11.6 Å². The first-order chi connectivity index (χ1) is 7.16. The number of hydrogen-bond acceptors (Lipinski definition) is 1. The van der Waals surface area contributed by atoms with Gasteiger partial charge in [0.15, 0.2) is 0 Å². The molecule has 2 nitrogen and oxygen atoms in total. The van der Waals surface area contributed by atoms with Crippen molar-refractivity contribution in [3.63, 3.8) is 0 Å². The SMILES string of the molecule is CCCN(C)C(=O)C(Cl)c1ccccc1. The van der Waals surface area contributed by atoms with Gasteiger partial charge in [-0.05, 0) is 12.0 Å². The molecule has 1 unspecified atom stereocenters. The molecule has 0 fully saturated rings. The summed E-state index contributed by atoms with van der Waals surface area (Å²) in [5.41, 5.74) is 0.854. The van der Waals surface area contributed by atoms with Crippen molar-refractivity contribution in [2.75, 3.05) is 13.6 Å². The number of nitrogens with zero attached hydrogens (tertiary/aromatic N) is 1. The number of alkyl halides is 1. The average Bonchev–Trinajstić information content (AvgIpc) is 2.28. The van der Waals surface area contributed by atoms with Crippen molar-refractivity contribution < 1.29 is 4.79 Å². The lowest BCUT2D eigenvalue weighted by Crippen LogP contribution is -2.30. The third-order valence-electron chi connectivity index (χ3n) is 2.24. The highest BCUT2D eigenvalue weighted by molar-refractivity contribution is 6.30. The summed E-state index contributed by atoms with van der Waals surface area (Å²) in [7, 11) is 1.78. The van der Waals surface area contributed by atoms with Gasteiger partial charge in [0.05, 0.1) is 0 Å². The molecule has 0 saturated carbocycles. The van der Waals surface area contributed by atoms with Crippen LogP contribution in [-0.4, -0.2) is 24.4 Å². The zero-order valence-electron chi connectivity index (χ0n) is 9.11. The standard InChI is InChI=1S/C12H16ClNO/c1-3-9-14(2)12(15)11(13)10-7-5-4-6-8-10/h4-8,11H,3,9H2,1-2H3. The number of amides is 1. The van der Waals surface area contributed by atoms with Gasteiger partial charge in [-0.25, -0.2) is 0 Å². The van der Waals surface area contributed by atoms with E-state index in [1.165, 1.54) is 0 Å². The second kappa shape index (κ2) is 5.76. The second-order valence-electron chi connectivity index (χ2n) is 3.53. The Morgan fingerprint density at radius 3 is 2.53 bits per heavy atom. The number of carbonyl (C=O) groups is 1. The number of benzene rings is 1. The molecular formula is C12H16ClNO. The Kier molecular flexibility index (Phi) is 4.63. The molecule has 0 aliphatic carbocycles. The van der Waals surface area contributed by atoms with Crippen LogP contribution in [0, 0.1) is 0 Å². The monoisotopic (exact) mass is 225 g/mol. The summed E-state index contributed by atoms with van der Waals surface area (Å²) in [6.07, 6.45) is 0.945. The Morgan fingerprint density at radius 2 is 2.00 bits per heavy atom. The summed E-state index contributed by atoms with van der Waals surface area (Å²) < 4.78 is 0. The van der Waals surface area contributed by atoms with Gasteiger partial charge in [0.1, 0.15) is 5.38 Å². The van der Waals surface area contributed by atoms with Crippen LogP contribution in [0.3, 0.4) is 0 Å². The molecule has 3 heteroatoms. The first kappa shape index (κ1) is 12.1.